The van der Waals surface area contributed by atoms with Gasteiger partial charge in [0.05, 0.1) is 30.4 Å². The van der Waals surface area contributed by atoms with Gasteiger partial charge in [-0.1, -0.05) is 189 Å². The second kappa shape index (κ2) is 17.6. The first-order valence-electron chi connectivity index (χ1n) is 27.9. The zero-order chi connectivity index (χ0) is 55.6. The van der Waals surface area contributed by atoms with Crippen LogP contribution in [0.2, 0.25) is 0 Å². The second-order valence-corrected chi connectivity index (χ2v) is 18.1. The maximum atomic E-state index is 9.12. The second-order valence-electron chi connectivity index (χ2n) is 18.1. The summed E-state index contributed by atoms with van der Waals surface area (Å²) in [7, 11) is 0. The van der Waals surface area contributed by atoms with Crippen LogP contribution in [-0.4, -0.2) is 18.7 Å². The van der Waals surface area contributed by atoms with Crippen molar-refractivity contribution in [2.45, 2.75) is 26.2 Å². The Kier molecular flexibility index (Phi) is 8.43. The summed E-state index contributed by atoms with van der Waals surface area (Å²) in [5.41, 5.74) is 7.05. The summed E-state index contributed by atoms with van der Waals surface area (Å²) in [6, 6.07) is 50.7. The van der Waals surface area contributed by atoms with Gasteiger partial charge in [0, 0.05) is 66.1 Å². The molecule has 0 amide bonds. The summed E-state index contributed by atoms with van der Waals surface area (Å²) in [4.78, 5) is 4.94. The van der Waals surface area contributed by atoms with Gasteiger partial charge >= 0.3 is 0 Å². The molecule has 0 radical (unpaired) electrons. The standard InChI is InChI=1S/C64H45N5O.Pt/c1-64(2,3)45-36-37-65-62(38-45)69-56-33-15-12-28-52(56)53-40-60(68-54-31-13-10-26-50(54)51-27-11-14-32-55(51)68)61(41-59(53)69)70-47-25-18-24-46(39-47)66-42-67(58-35-17-16-34-57(58)66)63-48(43-20-6-4-7-21-43)29-19-30-49(63)44-22-8-5-9-23-44;/h4-38,40H,1-3H3;/q-2;/i4D,5D,6D,7D,8D,9D,20D,21D,22D,23D;. The van der Waals surface area contributed by atoms with Gasteiger partial charge in [0.15, 0.2) is 0 Å². The van der Waals surface area contributed by atoms with Gasteiger partial charge in [0.1, 0.15) is 5.82 Å². The quantitative estimate of drug-likeness (QED) is 0.112. The number of hydrogen-bond acceptors (Lipinski definition) is 2. The van der Waals surface area contributed by atoms with E-state index in [1.54, 1.807) is 27.3 Å². The number of para-hydroxylation sites is 6. The molecule has 0 aliphatic carbocycles. The SMILES string of the molecule is [2H]c1c([2H])c([2H])c(-c2cccc(-c3c([2H])c([2H])c([2H])c([2H])c3[2H])c2-[n+]2[c-]n(-c3[c-]c(Oc4[c-]c5c(cc4-n4c6ccccc6c6ccccc64)c4ccccc4n5-c4cc(C(C)(C)C)ccn4)ccc3)c3ccccc32)c([2H])c1[2H].[Pt]. The van der Waals surface area contributed by atoms with Crippen molar-refractivity contribution in [3.05, 3.63) is 242 Å². The van der Waals surface area contributed by atoms with Crippen molar-refractivity contribution in [2.24, 2.45) is 0 Å². The van der Waals surface area contributed by atoms with Crippen LogP contribution in [0.3, 0.4) is 0 Å². The number of ether oxygens (including phenoxy) is 1. The molecule has 0 saturated heterocycles. The Morgan fingerprint density at radius 2 is 1.13 bits per heavy atom. The van der Waals surface area contributed by atoms with Crippen molar-refractivity contribution >= 4 is 54.6 Å². The molecule has 6 nitrogen and oxygen atoms in total. The van der Waals surface area contributed by atoms with Crippen LogP contribution in [0.5, 0.6) is 11.5 Å². The number of rotatable bonds is 8. The van der Waals surface area contributed by atoms with E-state index < -0.39 is 60.4 Å². The number of hydrogen-bond donors (Lipinski definition) is 0. The summed E-state index contributed by atoms with van der Waals surface area (Å²) >= 11 is 0. The van der Waals surface area contributed by atoms with E-state index in [-0.39, 0.29) is 54.4 Å². The third-order valence-corrected chi connectivity index (χ3v) is 12.9. The van der Waals surface area contributed by atoms with Gasteiger partial charge in [-0.05, 0) is 80.3 Å². The first-order chi connectivity index (χ1) is 38.5. The summed E-state index contributed by atoms with van der Waals surface area (Å²) in [5.74, 6) is 1.46. The van der Waals surface area contributed by atoms with Crippen LogP contribution in [0.1, 0.15) is 40.0 Å². The Bertz CT molecular complexity index is 4570. The smallest absolute Gasteiger partial charge is 0.268 e. The number of imidazole rings is 1. The molecule has 4 heterocycles. The normalized spacial score (nSPS) is 13.7. The minimum Gasteiger partial charge on any atom is -0.508 e. The van der Waals surface area contributed by atoms with E-state index in [2.05, 4.69) is 96.9 Å². The molecule has 0 unspecified atom stereocenters. The molecule has 4 aromatic heterocycles. The number of aromatic nitrogens is 5. The maximum Gasteiger partial charge on any atom is 0.268 e. The van der Waals surface area contributed by atoms with Crippen molar-refractivity contribution in [1.29, 1.82) is 0 Å². The molecule has 9 aromatic carbocycles. The summed E-state index contributed by atoms with van der Waals surface area (Å²) < 4.78 is 103. The molecular formula is C64H45N5OPt-2. The predicted octanol–water partition coefficient (Wildman–Crippen LogP) is 15.3. The van der Waals surface area contributed by atoms with Crippen LogP contribution < -0.4 is 9.30 Å². The number of fused-ring (bicyclic) bond motifs is 7. The molecular weight excluding hydrogens is 1050 g/mol. The fraction of sp³-hybridized carbons (Fsp3) is 0.0625. The number of pyridine rings is 1. The van der Waals surface area contributed by atoms with Crippen LogP contribution in [0.25, 0.3) is 99.8 Å². The van der Waals surface area contributed by atoms with Gasteiger partial charge in [-0.15, -0.1) is 24.3 Å². The van der Waals surface area contributed by atoms with Crippen LogP contribution in [-0.2, 0) is 26.5 Å². The Morgan fingerprint density at radius 1 is 0.563 bits per heavy atom. The third kappa shape index (κ3) is 7.46. The van der Waals surface area contributed by atoms with Crippen molar-refractivity contribution in [3.8, 4) is 56.6 Å². The Labute approximate surface area is 440 Å². The van der Waals surface area contributed by atoms with Gasteiger partial charge in [-0.3, -0.25) is 4.57 Å². The molecule has 13 rings (SSSR count). The maximum absolute atomic E-state index is 9.12. The van der Waals surface area contributed by atoms with Gasteiger partial charge in [-0.25, -0.2) is 4.98 Å². The molecule has 0 atom stereocenters. The van der Waals surface area contributed by atoms with Crippen LogP contribution in [0.15, 0.2) is 218 Å². The molecule has 0 fully saturated rings. The molecule has 344 valence electrons. The van der Waals surface area contributed by atoms with Crippen molar-refractivity contribution in [3.63, 3.8) is 0 Å². The zero-order valence-corrected chi connectivity index (χ0v) is 40.7. The van der Waals surface area contributed by atoms with E-state index in [1.807, 2.05) is 91.1 Å². The van der Waals surface area contributed by atoms with E-state index in [0.717, 1.165) is 60.7 Å². The largest absolute Gasteiger partial charge is 0.508 e. The minimum absolute atomic E-state index is 0. The van der Waals surface area contributed by atoms with E-state index in [9.17, 15) is 0 Å². The Hall–Kier alpha value is -8.31. The van der Waals surface area contributed by atoms with E-state index >= 15 is 0 Å². The number of nitrogens with zero attached hydrogens (tertiary/aromatic N) is 5. The molecule has 0 bridgehead atoms. The molecule has 0 aliphatic rings. The Morgan fingerprint density at radius 3 is 1.76 bits per heavy atom. The average molecular weight is 1110 g/mol. The summed E-state index contributed by atoms with van der Waals surface area (Å²) in [6.07, 6.45) is 5.31. The van der Waals surface area contributed by atoms with E-state index in [0.29, 0.717) is 28.2 Å². The predicted molar refractivity (Wildman–Crippen MR) is 284 cm³/mol. The molecule has 7 heteroatoms. The molecule has 13 aromatic rings. The first kappa shape index (κ1) is 34.1. The fourth-order valence-corrected chi connectivity index (χ4v) is 9.68. The van der Waals surface area contributed by atoms with Crippen LogP contribution in [0, 0.1) is 18.5 Å². The molecule has 0 N–H and O–H groups in total. The topological polar surface area (TPSA) is 40.8 Å². The van der Waals surface area contributed by atoms with Gasteiger partial charge < -0.3 is 18.4 Å². The van der Waals surface area contributed by atoms with Gasteiger partial charge in [0.2, 0.25) is 0 Å². The summed E-state index contributed by atoms with van der Waals surface area (Å²) in [5, 5.41) is 4.09. The minimum atomic E-state index is -0.578. The average Bonchev–Trinajstić information content (AvgIpc) is 4.36. The molecule has 0 saturated carbocycles. The van der Waals surface area contributed by atoms with Crippen molar-refractivity contribution < 1.29 is 44.1 Å². The van der Waals surface area contributed by atoms with Gasteiger partial charge in [0.25, 0.3) is 6.33 Å². The molecule has 71 heavy (non-hydrogen) atoms. The number of benzene rings is 9. The fourth-order valence-electron chi connectivity index (χ4n) is 9.68. The van der Waals surface area contributed by atoms with E-state index in [4.69, 9.17) is 23.4 Å². The monoisotopic (exact) mass is 1100 g/mol. The first-order valence-corrected chi connectivity index (χ1v) is 22.9. The van der Waals surface area contributed by atoms with E-state index in [1.165, 1.54) is 0 Å². The molecule has 0 aliphatic heterocycles. The van der Waals surface area contributed by atoms with Crippen LogP contribution in [0.4, 0.5) is 0 Å². The van der Waals surface area contributed by atoms with Gasteiger partial charge in [-0.2, -0.15) is 12.1 Å². The van der Waals surface area contributed by atoms with Crippen molar-refractivity contribution in [2.75, 3.05) is 0 Å². The molecule has 0 spiro atoms. The Balaban J connectivity index is 0.00000651. The third-order valence-electron chi connectivity index (χ3n) is 12.9. The van der Waals surface area contributed by atoms with Crippen molar-refractivity contribution in [1.82, 2.24) is 18.7 Å². The zero-order valence-electron chi connectivity index (χ0n) is 48.5. The van der Waals surface area contributed by atoms with Crippen LogP contribution >= 0.6 is 0 Å². The summed E-state index contributed by atoms with van der Waals surface area (Å²) in [6.45, 7) is 6.54.